The quantitative estimate of drug-likeness (QED) is 0.384. The van der Waals surface area contributed by atoms with Crippen LogP contribution >= 0.6 is 0 Å². The number of nitrogens with zero attached hydrogens (tertiary/aromatic N) is 2. The molecule has 0 spiro atoms. The van der Waals surface area contributed by atoms with Crippen LogP contribution in [0.15, 0.2) is 0 Å². The van der Waals surface area contributed by atoms with E-state index in [4.69, 9.17) is 28.4 Å². The third kappa shape index (κ3) is 14.9. The van der Waals surface area contributed by atoms with Crippen molar-refractivity contribution in [2.45, 2.75) is 0 Å². The maximum absolute atomic E-state index is 5.70. The zero-order valence-electron chi connectivity index (χ0n) is 18.1. The van der Waals surface area contributed by atoms with Crippen molar-refractivity contribution < 1.29 is 81.2 Å². The van der Waals surface area contributed by atoms with Crippen molar-refractivity contribution in [2.24, 2.45) is 0 Å². The van der Waals surface area contributed by atoms with Crippen molar-refractivity contribution in [1.29, 1.82) is 0 Å². The topological polar surface area (TPSA) is 61.9 Å². The van der Waals surface area contributed by atoms with Gasteiger partial charge in [-0.05, 0) is 0 Å². The minimum Gasteiger partial charge on any atom is -1.00 e. The second kappa shape index (κ2) is 19.3. The van der Waals surface area contributed by atoms with Gasteiger partial charge in [0.1, 0.15) is 0 Å². The monoisotopic (exact) mass is 416 g/mol. The molecule has 3 aliphatic rings. The molecule has 0 N–H and O–H groups in total. The minimum absolute atomic E-state index is 0. The van der Waals surface area contributed by atoms with Crippen LogP contribution in [-0.2, 0) is 28.4 Å². The summed E-state index contributed by atoms with van der Waals surface area (Å²) in [6.45, 7) is 13.2. The van der Waals surface area contributed by atoms with Crippen molar-refractivity contribution in [1.82, 2.24) is 9.80 Å². The Bertz CT molecular complexity index is 259. The zero-order chi connectivity index (χ0) is 18.1. The molecule has 3 saturated heterocycles. The Labute approximate surface area is 208 Å². The third-order valence-corrected chi connectivity index (χ3v) is 4.43. The summed E-state index contributed by atoms with van der Waals surface area (Å²) in [6, 6.07) is 0. The summed E-state index contributed by atoms with van der Waals surface area (Å²) in [5, 5.41) is 0. The SMILES string of the molecule is C1COCCN2CCOCCOCCN(CCO1)CCOCCOCC2.[H-].[K+]. The van der Waals surface area contributed by atoms with Crippen LogP contribution in [0.3, 0.4) is 0 Å². The van der Waals surface area contributed by atoms with E-state index in [2.05, 4.69) is 9.80 Å². The second-order valence-electron chi connectivity index (χ2n) is 6.36. The van der Waals surface area contributed by atoms with Gasteiger partial charge in [-0.3, -0.25) is 9.80 Å². The molecule has 27 heavy (non-hydrogen) atoms. The average molecular weight is 417 g/mol. The summed E-state index contributed by atoms with van der Waals surface area (Å²) in [7, 11) is 0. The van der Waals surface area contributed by atoms with Crippen LogP contribution in [0.2, 0.25) is 0 Å². The Morgan fingerprint density at radius 1 is 0.333 bits per heavy atom. The first-order valence-electron chi connectivity index (χ1n) is 9.86. The Hall–Kier alpha value is 1.32. The molecule has 156 valence electrons. The van der Waals surface area contributed by atoms with Gasteiger partial charge in [0.15, 0.2) is 0 Å². The van der Waals surface area contributed by atoms with Gasteiger partial charge in [-0.15, -0.1) is 0 Å². The third-order valence-electron chi connectivity index (χ3n) is 4.43. The summed E-state index contributed by atoms with van der Waals surface area (Å²) in [6.07, 6.45) is 0. The van der Waals surface area contributed by atoms with E-state index in [0.29, 0.717) is 79.3 Å². The van der Waals surface area contributed by atoms with Crippen LogP contribution in [0.25, 0.3) is 0 Å². The normalized spacial score (nSPS) is 29.3. The van der Waals surface area contributed by atoms with E-state index in [1.807, 2.05) is 0 Å². The van der Waals surface area contributed by atoms with Gasteiger partial charge in [0.25, 0.3) is 0 Å². The predicted molar refractivity (Wildman–Crippen MR) is 98.9 cm³/mol. The van der Waals surface area contributed by atoms with Gasteiger partial charge in [-0.1, -0.05) is 0 Å². The van der Waals surface area contributed by atoms with E-state index in [0.717, 1.165) is 39.3 Å². The molecular formula is C18H37KN2O6. The molecule has 0 aliphatic carbocycles. The molecule has 3 heterocycles. The Morgan fingerprint density at radius 2 is 0.519 bits per heavy atom. The molecule has 0 unspecified atom stereocenters. The molecule has 8 nitrogen and oxygen atoms in total. The summed E-state index contributed by atoms with van der Waals surface area (Å²) in [4.78, 5) is 4.62. The molecule has 0 radical (unpaired) electrons. The fraction of sp³-hybridized carbons (Fsp3) is 1.00. The second-order valence-corrected chi connectivity index (χ2v) is 6.36. The van der Waals surface area contributed by atoms with Gasteiger partial charge in [-0.25, -0.2) is 0 Å². The molecule has 3 rings (SSSR count). The first kappa shape index (κ1) is 26.4. The Kier molecular flexibility index (Phi) is 18.8. The van der Waals surface area contributed by atoms with Gasteiger partial charge in [0, 0.05) is 39.3 Å². The van der Waals surface area contributed by atoms with Gasteiger partial charge >= 0.3 is 51.4 Å². The van der Waals surface area contributed by atoms with Crippen LogP contribution in [-0.4, -0.2) is 128 Å². The molecule has 2 bridgehead atoms. The maximum atomic E-state index is 5.70. The standard InChI is InChI=1S/C18H36N2O6.K.H/c1-7-21-13-14-24-10-4-20-5-11-25-17-15-22-8-2-19(1)3-9-23-16-18-26-12-6-20;;/h1-18H2;;/q;+1;-1. The molecule has 0 amide bonds. The molecule has 0 aromatic rings. The smallest absolute Gasteiger partial charge is 1.00 e. The summed E-state index contributed by atoms with van der Waals surface area (Å²) >= 11 is 0. The largest absolute Gasteiger partial charge is 1.00 e. The summed E-state index contributed by atoms with van der Waals surface area (Å²) in [5.41, 5.74) is 0. The van der Waals surface area contributed by atoms with Crippen molar-refractivity contribution in [3.8, 4) is 0 Å². The molecule has 0 aromatic carbocycles. The fourth-order valence-electron chi connectivity index (χ4n) is 2.80. The molecule has 3 fully saturated rings. The number of ether oxygens (including phenoxy) is 6. The first-order chi connectivity index (χ1) is 12.9. The molecule has 0 saturated carbocycles. The maximum Gasteiger partial charge on any atom is 1.00 e. The minimum atomic E-state index is 0. The van der Waals surface area contributed by atoms with E-state index >= 15 is 0 Å². The van der Waals surface area contributed by atoms with Gasteiger partial charge in [0.05, 0.1) is 79.3 Å². The molecule has 3 aliphatic heterocycles. The molecule has 0 atom stereocenters. The predicted octanol–water partition coefficient (Wildman–Crippen LogP) is -3.17. The van der Waals surface area contributed by atoms with Crippen LogP contribution < -0.4 is 51.4 Å². The van der Waals surface area contributed by atoms with Crippen molar-refractivity contribution in [3.05, 3.63) is 0 Å². The summed E-state index contributed by atoms with van der Waals surface area (Å²) < 4.78 is 34.2. The van der Waals surface area contributed by atoms with Crippen LogP contribution in [0.4, 0.5) is 0 Å². The number of rotatable bonds is 0. The molecule has 0 aromatic heterocycles. The van der Waals surface area contributed by atoms with Crippen molar-refractivity contribution >= 4 is 0 Å². The van der Waals surface area contributed by atoms with E-state index in [9.17, 15) is 0 Å². The molecule has 9 heteroatoms. The van der Waals surface area contributed by atoms with E-state index in [1.165, 1.54) is 0 Å². The number of fused-ring (bicyclic) bond motifs is 21. The van der Waals surface area contributed by atoms with Gasteiger partial charge < -0.3 is 29.8 Å². The van der Waals surface area contributed by atoms with E-state index in [-0.39, 0.29) is 52.8 Å². The fourth-order valence-corrected chi connectivity index (χ4v) is 2.80. The van der Waals surface area contributed by atoms with Gasteiger partial charge in [-0.2, -0.15) is 0 Å². The average Bonchev–Trinajstić information content (AvgIpc) is 2.65. The first-order valence-corrected chi connectivity index (χ1v) is 9.86. The van der Waals surface area contributed by atoms with Crippen LogP contribution in [0.1, 0.15) is 1.43 Å². The molecular weight excluding hydrogens is 379 g/mol. The Balaban J connectivity index is 0.00000364. The number of hydrogen-bond acceptors (Lipinski definition) is 8. The van der Waals surface area contributed by atoms with Crippen LogP contribution in [0, 0.1) is 0 Å². The van der Waals surface area contributed by atoms with E-state index < -0.39 is 0 Å². The zero-order valence-corrected chi connectivity index (χ0v) is 20.2. The Morgan fingerprint density at radius 3 is 0.704 bits per heavy atom. The van der Waals surface area contributed by atoms with Crippen molar-refractivity contribution in [3.63, 3.8) is 0 Å². The van der Waals surface area contributed by atoms with Crippen molar-refractivity contribution in [2.75, 3.05) is 119 Å². The summed E-state index contributed by atoms with van der Waals surface area (Å²) in [5.74, 6) is 0. The van der Waals surface area contributed by atoms with Crippen LogP contribution in [0.5, 0.6) is 0 Å². The number of hydrogen-bond donors (Lipinski definition) is 0. The van der Waals surface area contributed by atoms with E-state index in [1.54, 1.807) is 0 Å². The van der Waals surface area contributed by atoms with Gasteiger partial charge in [0.2, 0.25) is 0 Å².